The molecule has 1 aromatic heterocycles. The maximum Gasteiger partial charge on any atom is 0.128 e. The molecule has 0 bridgehead atoms. The number of nitrogens with zero attached hydrogens (tertiary/aromatic N) is 3. The van der Waals surface area contributed by atoms with Crippen LogP contribution in [0.2, 0.25) is 0 Å². The van der Waals surface area contributed by atoms with Crippen LogP contribution in [0.25, 0.3) is 11.3 Å². The summed E-state index contributed by atoms with van der Waals surface area (Å²) in [6.45, 7) is 7.56. The number of hydrogen-bond donors (Lipinski definition) is 0. The summed E-state index contributed by atoms with van der Waals surface area (Å²) in [5.41, 5.74) is 2.13. The van der Waals surface area contributed by atoms with E-state index in [0.717, 1.165) is 30.0 Å². The molecular formula is C15H21N3O. The van der Waals surface area contributed by atoms with E-state index < -0.39 is 0 Å². The van der Waals surface area contributed by atoms with Gasteiger partial charge in [0.2, 0.25) is 0 Å². The zero-order valence-corrected chi connectivity index (χ0v) is 12.1. The minimum Gasteiger partial charge on any atom is -0.496 e. The first kappa shape index (κ1) is 13.6. The quantitative estimate of drug-likeness (QED) is 0.845. The van der Waals surface area contributed by atoms with Crippen LogP contribution < -0.4 is 4.74 Å². The highest BCUT2D eigenvalue weighted by Gasteiger charge is 2.12. The number of para-hydroxylation sites is 1. The minimum absolute atomic E-state index is 0.302. The lowest BCUT2D eigenvalue weighted by Crippen LogP contribution is -2.10. The normalized spacial score (nSPS) is 11.6. The summed E-state index contributed by atoms with van der Waals surface area (Å²) in [5, 5.41) is 8.41. The third-order valence-corrected chi connectivity index (χ3v) is 3.01. The van der Waals surface area contributed by atoms with Crippen LogP contribution in [0, 0.1) is 5.41 Å². The average molecular weight is 259 g/mol. The van der Waals surface area contributed by atoms with E-state index in [1.807, 2.05) is 35.1 Å². The second-order valence-electron chi connectivity index (χ2n) is 5.88. The van der Waals surface area contributed by atoms with Crippen LogP contribution in [-0.2, 0) is 6.54 Å². The van der Waals surface area contributed by atoms with Crippen molar-refractivity contribution in [2.75, 3.05) is 7.11 Å². The fourth-order valence-electron chi connectivity index (χ4n) is 1.84. The van der Waals surface area contributed by atoms with Crippen LogP contribution in [-0.4, -0.2) is 22.1 Å². The molecule has 0 saturated carbocycles. The van der Waals surface area contributed by atoms with Crippen LogP contribution in [0.4, 0.5) is 0 Å². The smallest absolute Gasteiger partial charge is 0.128 e. The molecule has 2 rings (SSSR count). The molecule has 1 heterocycles. The molecule has 0 atom stereocenters. The first-order chi connectivity index (χ1) is 8.99. The van der Waals surface area contributed by atoms with Gasteiger partial charge in [-0.25, -0.2) is 0 Å². The van der Waals surface area contributed by atoms with Crippen molar-refractivity contribution >= 4 is 0 Å². The molecule has 0 aliphatic carbocycles. The Balaban J connectivity index is 2.17. The topological polar surface area (TPSA) is 39.9 Å². The molecule has 0 saturated heterocycles. The predicted octanol–water partition coefficient (Wildman–Crippen LogP) is 3.39. The van der Waals surface area contributed by atoms with Gasteiger partial charge in [-0.15, -0.1) is 5.10 Å². The molecular weight excluding hydrogens is 238 g/mol. The maximum atomic E-state index is 5.35. The molecule has 19 heavy (non-hydrogen) atoms. The standard InChI is InChI=1S/C15H21N3O/c1-15(2,3)9-10-18-11-13(16-17-18)12-7-5-6-8-14(12)19-4/h5-8,11H,9-10H2,1-4H3. The van der Waals surface area contributed by atoms with Gasteiger partial charge in [-0.05, 0) is 24.0 Å². The summed E-state index contributed by atoms with van der Waals surface area (Å²) in [6, 6.07) is 7.86. The van der Waals surface area contributed by atoms with Crippen LogP contribution >= 0.6 is 0 Å². The Morgan fingerprint density at radius 2 is 1.95 bits per heavy atom. The first-order valence-electron chi connectivity index (χ1n) is 6.53. The van der Waals surface area contributed by atoms with E-state index >= 15 is 0 Å². The number of methoxy groups -OCH3 is 1. The van der Waals surface area contributed by atoms with Crippen molar-refractivity contribution in [2.24, 2.45) is 5.41 Å². The molecule has 4 heteroatoms. The van der Waals surface area contributed by atoms with Crippen molar-refractivity contribution < 1.29 is 4.74 Å². The fourth-order valence-corrected chi connectivity index (χ4v) is 1.84. The molecule has 0 radical (unpaired) electrons. The first-order valence-corrected chi connectivity index (χ1v) is 6.53. The van der Waals surface area contributed by atoms with Gasteiger partial charge >= 0.3 is 0 Å². The van der Waals surface area contributed by atoms with Gasteiger partial charge in [-0.1, -0.05) is 38.1 Å². The molecule has 0 unspecified atom stereocenters. The zero-order valence-electron chi connectivity index (χ0n) is 12.1. The summed E-state index contributed by atoms with van der Waals surface area (Å²) in [6.07, 6.45) is 3.05. The monoisotopic (exact) mass is 259 g/mol. The van der Waals surface area contributed by atoms with Crippen LogP contribution in [0.3, 0.4) is 0 Å². The highest BCUT2D eigenvalue weighted by atomic mass is 16.5. The van der Waals surface area contributed by atoms with Gasteiger partial charge in [0.05, 0.1) is 13.3 Å². The van der Waals surface area contributed by atoms with E-state index in [1.54, 1.807) is 7.11 Å². The molecule has 4 nitrogen and oxygen atoms in total. The molecule has 102 valence electrons. The van der Waals surface area contributed by atoms with Crippen LogP contribution in [0.15, 0.2) is 30.5 Å². The number of ether oxygens (including phenoxy) is 1. The molecule has 0 N–H and O–H groups in total. The van der Waals surface area contributed by atoms with E-state index in [4.69, 9.17) is 4.74 Å². The lowest BCUT2D eigenvalue weighted by molar-refractivity contribution is 0.339. The van der Waals surface area contributed by atoms with Crippen molar-refractivity contribution in [3.05, 3.63) is 30.5 Å². The van der Waals surface area contributed by atoms with E-state index in [9.17, 15) is 0 Å². The number of hydrogen-bond acceptors (Lipinski definition) is 3. The lowest BCUT2D eigenvalue weighted by atomic mass is 9.92. The fraction of sp³-hybridized carbons (Fsp3) is 0.467. The molecule has 2 aromatic rings. The molecule has 0 spiro atoms. The summed E-state index contributed by atoms with van der Waals surface area (Å²) in [4.78, 5) is 0. The van der Waals surface area contributed by atoms with Gasteiger partial charge < -0.3 is 4.74 Å². The Morgan fingerprint density at radius 1 is 1.21 bits per heavy atom. The molecule has 0 amide bonds. The highest BCUT2D eigenvalue weighted by Crippen LogP contribution is 2.27. The zero-order chi connectivity index (χ0) is 13.9. The molecule has 0 aliphatic heterocycles. The molecule has 1 aromatic carbocycles. The van der Waals surface area contributed by atoms with Crippen molar-refractivity contribution in [3.63, 3.8) is 0 Å². The number of aromatic nitrogens is 3. The SMILES string of the molecule is COc1ccccc1-c1cn(CCC(C)(C)C)nn1. The van der Waals surface area contributed by atoms with Crippen molar-refractivity contribution in [2.45, 2.75) is 33.7 Å². The van der Waals surface area contributed by atoms with Gasteiger partial charge in [0.1, 0.15) is 11.4 Å². The minimum atomic E-state index is 0.302. The third kappa shape index (κ3) is 3.56. The van der Waals surface area contributed by atoms with Crippen molar-refractivity contribution in [1.29, 1.82) is 0 Å². The van der Waals surface area contributed by atoms with Gasteiger partial charge in [-0.3, -0.25) is 4.68 Å². The van der Waals surface area contributed by atoms with Gasteiger partial charge in [0, 0.05) is 12.1 Å². The predicted molar refractivity (Wildman–Crippen MR) is 76.1 cm³/mol. The molecule has 0 aliphatic rings. The number of aryl methyl sites for hydroxylation is 1. The van der Waals surface area contributed by atoms with E-state index in [1.165, 1.54) is 0 Å². The Bertz CT molecular complexity index is 540. The Labute approximate surface area is 114 Å². The molecule has 0 fully saturated rings. The Kier molecular flexibility index (Phi) is 3.88. The van der Waals surface area contributed by atoms with E-state index in [2.05, 4.69) is 31.1 Å². The van der Waals surface area contributed by atoms with Gasteiger partial charge in [0.15, 0.2) is 0 Å². The Hall–Kier alpha value is -1.84. The third-order valence-electron chi connectivity index (χ3n) is 3.01. The lowest BCUT2D eigenvalue weighted by Gasteiger charge is -2.17. The Morgan fingerprint density at radius 3 is 2.63 bits per heavy atom. The number of rotatable bonds is 4. The van der Waals surface area contributed by atoms with E-state index in [-0.39, 0.29) is 0 Å². The van der Waals surface area contributed by atoms with Crippen molar-refractivity contribution in [1.82, 2.24) is 15.0 Å². The maximum absolute atomic E-state index is 5.35. The summed E-state index contributed by atoms with van der Waals surface area (Å²) in [7, 11) is 1.67. The summed E-state index contributed by atoms with van der Waals surface area (Å²) in [5.74, 6) is 0.824. The van der Waals surface area contributed by atoms with Gasteiger partial charge in [-0.2, -0.15) is 0 Å². The summed E-state index contributed by atoms with van der Waals surface area (Å²) >= 11 is 0. The second-order valence-corrected chi connectivity index (χ2v) is 5.88. The van der Waals surface area contributed by atoms with Crippen molar-refractivity contribution in [3.8, 4) is 17.0 Å². The summed E-state index contributed by atoms with van der Waals surface area (Å²) < 4.78 is 7.24. The highest BCUT2D eigenvalue weighted by molar-refractivity contribution is 5.65. The average Bonchev–Trinajstić information content (AvgIpc) is 2.84. The van der Waals surface area contributed by atoms with E-state index in [0.29, 0.717) is 5.41 Å². The number of benzene rings is 1. The van der Waals surface area contributed by atoms with Crippen LogP contribution in [0.1, 0.15) is 27.2 Å². The second kappa shape index (κ2) is 5.43. The van der Waals surface area contributed by atoms with Gasteiger partial charge in [0.25, 0.3) is 0 Å². The largest absolute Gasteiger partial charge is 0.496 e. The van der Waals surface area contributed by atoms with Crippen LogP contribution in [0.5, 0.6) is 5.75 Å².